The van der Waals surface area contributed by atoms with Crippen molar-refractivity contribution in [1.29, 1.82) is 0 Å². The van der Waals surface area contributed by atoms with Crippen molar-refractivity contribution in [2.45, 2.75) is 26.5 Å². The normalized spacial score (nSPS) is 13.6. The maximum atomic E-state index is 12.0. The van der Waals surface area contributed by atoms with Gasteiger partial charge in [-0.15, -0.1) is 11.3 Å². The number of rotatable bonds is 7. The molecule has 0 aliphatic heterocycles. The SMILES string of the molecule is CC(CN[C@H](C)c1cccs1)C(=O)OCc1ccccc1. The molecule has 1 heterocycles. The van der Waals surface area contributed by atoms with Gasteiger partial charge in [-0.25, -0.2) is 0 Å². The summed E-state index contributed by atoms with van der Waals surface area (Å²) >= 11 is 1.72. The number of nitrogens with one attached hydrogen (secondary N) is 1. The van der Waals surface area contributed by atoms with Gasteiger partial charge in [0.15, 0.2) is 0 Å². The molecule has 0 saturated carbocycles. The van der Waals surface area contributed by atoms with Crippen molar-refractivity contribution in [2.24, 2.45) is 5.92 Å². The van der Waals surface area contributed by atoms with Gasteiger partial charge in [-0.3, -0.25) is 4.79 Å². The van der Waals surface area contributed by atoms with E-state index in [2.05, 4.69) is 23.7 Å². The Morgan fingerprint density at radius 2 is 1.95 bits per heavy atom. The molecule has 0 saturated heterocycles. The topological polar surface area (TPSA) is 38.3 Å². The summed E-state index contributed by atoms with van der Waals surface area (Å²) in [7, 11) is 0. The molecule has 4 heteroatoms. The van der Waals surface area contributed by atoms with Gasteiger partial charge in [-0.2, -0.15) is 0 Å². The van der Waals surface area contributed by atoms with E-state index in [-0.39, 0.29) is 17.9 Å². The number of hydrogen-bond acceptors (Lipinski definition) is 4. The molecule has 1 N–H and O–H groups in total. The van der Waals surface area contributed by atoms with Crippen LogP contribution in [0.15, 0.2) is 47.8 Å². The molecule has 0 spiro atoms. The molecular formula is C17H21NO2S. The highest BCUT2D eigenvalue weighted by atomic mass is 32.1. The Balaban J connectivity index is 1.72. The van der Waals surface area contributed by atoms with Crippen LogP contribution < -0.4 is 5.32 Å². The molecule has 0 aliphatic carbocycles. The number of carbonyl (C=O) groups is 1. The highest BCUT2D eigenvalue weighted by Gasteiger charge is 2.16. The van der Waals surface area contributed by atoms with Gasteiger partial charge < -0.3 is 10.1 Å². The predicted molar refractivity (Wildman–Crippen MR) is 86.1 cm³/mol. The zero-order chi connectivity index (χ0) is 15.1. The number of esters is 1. The third-order valence-corrected chi connectivity index (χ3v) is 4.38. The average Bonchev–Trinajstić information content (AvgIpc) is 3.05. The third-order valence-electron chi connectivity index (χ3n) is 3.33. The Labute approximate surface area is 130 Å². The highest BCUT2D eigenvalue weighted by molar-refractivity contribution is 7.10. The standard InChI is InChI=1S/C17H21NO2S/c1-13(11-18-14(2)16-9-6-10-21-16)17(19)20-12-15-7-4-3-5-8-15/h3-10,13-14,18H,11-12H2,1-2H3/t13?,14-/m1/s1. The van der Waals surface area contributed by atoms with Gasteiger partial charge in [-0.05, 0) is 23.9 Å². The van der Waals surface area contributed by atoms with Crippen molar-refractivity contribution in [2.75, 3.05) is 6.54 Å². The summed E-state index contributed by atoms with van der Waals surface area (Å²) in [6.07, 6.45) is 0. The van der Waals surface area contributed by atoms with Crippen molar-refractivity contribution in [3.8, 4) is 0 Å². The lowest BCUT2D eigenvalue weighted by atomic mass is 10.1. The Hall–Kier alpha value is -1.65. The van der Waals surface area contributed by atoms with Gasteiger partial charge in [0.05, 0.1) is 5.92 Å². The van der Waals surface area contributed by atoms with Crippen LogP contribution in [0.3, 0.4) is 0 Å². The number of thiophene rings is 1. The maximum Gasteiger partial charge on any atom is 0.310 e. The molecule has 0 fully saturated rings. The number of benzene rings is 1. The maximum absolute atomic E-state index is 12.0. The molecule has 0 aliphatic rings. The first kappa shape index (κ1) is 15.7. The molecule has 1 aromatic heterocycles. The fraction of sp³-hybridized carbons (Fsp3) is 0.353. The van der Waals surface area contributed by atoms with Gasteiger partial charge in [0, 0.05) is 17.5 Å². The third kappa shape index (κ3) is 4.99. The van der Waals surface area contributed by atoms with E-state index in [1.165, 1.54) is 4.88 Å². The van der Waals surface area contributed by atoms with Crippen LogP contribution in [0.4, 0.5) is 0 Å². The zero-order valence-corrected chi connectivity index (χ0v) is 13.2. The molecule has 0 radical (unpaired) electrons. The van der Waals surface area contributed by atoms with Gasteiger partial charge in [-0.1, -0.05) is 43.3 Å². The molecule has 2 atom stereocenters. The van der Waals surface area contributed by atoms with Crippen molar-refractivity contribution >= 4 is 17.3 Å². The second kappa shape index (κ2) is 7.96. The summed E-state index contributed by atoms with van der Waals surface area (Å²) in [5.41, 5.74) is 1.01. The van der Waals surface area contributed by atoms with E-state index in [1.807, 2.05) is 43.3 Å². The van der Waals surface area contributed by atoms with E-state index in [9.17, 15) is 4.79 Å². The number of carbonyl (C=O) groups excluding carboxylic acids is 1. The van der Waals surface area contributed by atoms with Crippen LogP contribution in [0.5, 0.6) is 0 Å². The van der Waals surface area contributed by atoms with Gasteiger partial charge in [0.1, 0.15) is 6.61 Å². The van der Waals surface area contributed by atoms with Crippen LogP contribution in [0, 0.1) is 5.92 Å². The largest absolute Gasteiger partial charge is 0.461 e. The molecule has 21 heavy (non-hydrogen) atoms. The van der Waals surface area contributed by atoms with Gasteiger partial charge in [0.25, 0.3) is 0 Å². The Morgan fingerprint density at radius 3 is 2.62 bits per heavy atom. The summed E-state index contributed by atoms with van der Waals surface area (Å²) in [5.74, 6) is -0.319. The minimum absolute atomic E-state index is 0.156. The summed E-state index contributed by atoms with van der Waals surface area (Å²) in [6, 6.07) is 14.1. The zero-order valence-electron chi connectivity index (χ0n) is 12.4. The number of hydrogen-bond donors (Lipinski definition) is 1. The Bertz CT molecular complexity index is 539. The molecule has 2 rings (SSSR count). The number of ether oxygens (including phenoxy) is 1. The van der Waals surface area contributed by atoms with Crippen LogP contribution >= 0.6 is 11.3 Å². The second-order valence-electron chi connectivity index (χ2n) is 5.14. The second-order valence-corrected chi connectivity index (χ2v) is 6.12. The molecule has 2 aromatic rings. The molecular weight excluding hydrogens is 282 g/mol. The van der Waals surface area contributed by atoms with E-state index in [1.54, 1.807) is 11.3 Å². The van der Waals surface area contributed by atoms with Gasteiger partial charge in [0.2, 0.25) is 0 Å². The van der Waals surface area contributed by atoms with Crippen molar-refractivity contribution in [1.82, 2.24) is 5.32 Å². The minimum Gasteiger partial charge on any atom is -0.461 e. The molecule has 3 nitrogen and oxygen atoms in total. The van der Waals surface area contributed by atoms with Crippen molar-refractivity contribution < 1.29 is 9.53 Å². The van der Waals surface area contributed by atoms with Crippen molar-refractivity contribution in [3.05, 3.63) is 58.3 Å². The van der Waals surface area contributed by atoms with Crippen LogP contribution in [-0.4, -0.2) is 12.5 Å². The Morgan fingerprint density at radius 1 is 1.19 bits per heavy atom. The first-order chi connectivity index (χ1) is 10.2. The van der Waals surface area contributed by atoms with E-state index in [4.69, 9.17) is 4.74 Å². The fourth-order valence-corrected chi connectivity index (χ4v) is 2.70. The summed E-state index contributed by atoms with van der Waals surface area (Å²) < 4.78 is 5.34. The van der Waals surface area contributed by atoms with E-state index >= 15 is 0 Å². The van der Waals surface area contributed by atoms with Crippen LogP contribution in [0.2, 0.25) is 0 Å². The summed E-state index contributed by atoms with van der Waals surface area (Å²) in [6.45, 7) is 4.95. The summed E-state index contributed by atoms with van der Waals surface area (Å²) in [5, 5.41) is 5.43. The minimum atomic E-state index is -0.162. The van der Waals surface area contributed by atoms with E-state index < -0.39 is 0 Å². The quantitative estimate of drug-likeness (QED) is 0.791. The smallest absolute Gasteiger partial charge is 0.310 e. The van der Waals surface area contributed by atoms with E-state index in [0.29, 0.717) is 13.2 Å². The lowest BCUT2D eigenvalue weighted by Crippen LogP contribution is -2.29. The fourth-order valence-electron chi connectivity index (χ4n) is 1.95. The van der Waals surface area contributed by atoms with Crippen LogP contribution in [-0.2, 0) is 16.1 Å². The molecule has 1 unspecified atom stereocenters. The van der Waals surface area contributed by atoms with Crippen molar-refractivity contribution in [3.63, 3.8) is 0 Å². The summed E-state index contributed by atoms with van der Waals surface area (Å²) in [4.78, 5) is 13.2. The lowest BCUT2D eigenvalue weighted by Gasteiger charge is -2.16. The van der Waals surface area contributed by atoms with Crippen LogP contribution in [0.1, 0.15) is 30.3 Å². The molecule has 1 aromatic carbocycles. The molecule has 112 valence electrons. The first-order valence-corrected chi connectivity index (χ1v) is 8.02. The first-order valence-electron chi connectivity index (χ1n) is 7.14. The van der Waals surface area contributed by atoms with Gasteiger partial charge >= 0.3 is 5.97 Å². The van der Waals surface area contributed by atoms with Crippen LogP contribution in [0.25, 0.3) is 0 Å². The Kier molecular flexibility index (Phi) is 5.96. The predicted octanol–water partition coefficient (Wildman–Crippen LogP) is 3.78. The van der Waals surface area contributed by atoms with E-state index in [0.717, 1.165) is 5.56 Å². The molecule has 0 amide bonds. The highest BCUT2D eigenvalue weighted by Crippen LogP contribution is 2.18. The monoisotopic (exact) mass is 303 g/mol. The lowest BCUT2D eigenvalue weighted by molar-refractivity contribution is -0.149. The average molecular weight is 303 g/mol. The molecule has 0 bridgehead atoms.